The molecule has 0 aliphatic carbocycles. The van der Waals surface area contributed by atoms with Gasteiger partial charge in [0.25, 0.3) is 5.91 Å². The molecular weight excluding hydrogens is 306 g/mol. The molecular formula is C18H21N3OS. The van der Waals surface area contributed by atoms with Gasteiger partial charge in [-0.15, -0.1) is 11.3 Å². The number of rotatable bonds is 5. The highest BCUT2D eigenvalue weighted by Gasteiger charge is 2.15. The van der Waals surface area contributed by atoms with Crippen LogP contribution in [0.3, 0.4) is 0 Å². The Labute approximate surface area is 140 Å². The van der Waals surface area contributed by atoms with Crippen LogP contribution < -0.4 is 5.32 Å². The van der Waals surface area contributed by atoms with Crippen LogP contribution >= 0.6 is 11.3 Å². The van der Waals surface area contributed by atoms with Crippen LogP contribution in [0.2, 0.25) is 0 Å². The number of amides is 1. The van der Waals surface area contributed by atoms with Gasteiger partial charge in [0.1, 0.15) is 5.82 Å². The number of carbonyl (C=O) groups is 1. The van der Waals surface area contributed by atoms with Gasteiger partial charge in [-0.25, -0.2) is 4.98 Å². The van der Waals surface area contributed by atoms with Crippen molar-refractivity contribution in [2.24, 2.45) is 0 Å². The Balaban J connectivity index is 1.68. The van der Waals surface area contributed by atoms with E-state index >= 15 is 0 Å². The summed E-state index contributed by atoms with van der Waals surface area (Å²) in [7, 11) is 0. The van der Waals surface area contributed by atoms with Gasteiger partial charge < -0.3 is 9.88 Å². The number of benzene rings is 1. The molecule has 0 bridgehead atoms. The number of aromatic nitrogens is 2. The summed E-state index contributed by atoms with van der Waals surface area (Å²) in [6.45, 7) is 7.54. The lowest BCUT2D eigenvalue weighted by Crippen LogP contribution is -2.27. The van der Waals surface area contributed by atoms with E-state index in [0.29, 0.717) is 12.5 Å². The Morgan fingerprint density at radius 3 is 2.87 bits per heavy atom. The molecule has 2 heterocycles. The molecule has 0 aliphatic heterocycles. The number of aryl methyl sites for hydroxylation is 1. The summed E-state index contributed by atoms with van der Waals surface area (Å²) in [6, 6.07) is 10.1. The lowest BCUT2D eigenvalue weighted by Gasteiger charge is -2.10. The molecule has 0 fully saturated rings. The van der Waals surface area contributed by atoms with Crippen molar-refractivity contribution in [2.75, 3.05) is 6.54 Å². The van der Waals surface area contributed by atoms with E-state index < -0.39 is 0 Å². The Morgan fingerprint density at radius 1 is 1.30 bits per heavy atom. The standard InChI is InChI=1S/C18H21N3OS/c1-12(2)14-8-11-23-17(14)18(22)19-9-10-21-13(3)20-15-6-4-5-7-16(15)21/h4-8,11-12H,9-10H2,1-3H3,(H,19,22). The molecule has 1 N–H and O–H groups in total. The normalized spacial score (nSPS) is 11.3. The van der Waals surface area contributed by atoms with Gasteiger partial charge in [-0.2, -0.15) is 0 Å². The Kier molecular flexibility index (Phi) is 4.48. The molecule has 3 aromatic rings. The summed E-state index contributed by atoms with van der Waals surface area (Å²) in [4.78, 5) is 17.8. The number of nitrogens with one attached hydrogen (secondary N) is 1. The third kappa shape index (κ3) is 3.15. The number of carbonyl (C=O) groups excluding carboxylic acids is 1. The van der Waals surface area contributed by atoms with Crippen LogP contribution in [0.4, 0.5) is 0 Å². The van der Waals surface area contributed by atoms with Gasteiger partial charge in [-0.05, 0) is 42.0 Å². The van der Waals surface area contributed by atoms with E-state index in [1.165, 1.54) is 11.3 Å². The first kappa shape index (κ1) is 15.7. The van der Waals surface area contributed by atoms with E-state index in [9.17, 15) is 4.79 Å². The number of fused-ring (bicyclic) bond motifs is 1. The van der Waals surface area contributed by atoms with Gasteiger partial charge in [-0.3, -0.25) is 4.79 Å². The number of thiophene rings is 1. The summed E-state index contributed by atoms with van der Waals surface area (Å²) in [5, 5.41) is 5.02. The second-order valence-electron chi connectivity index (χ2n) is 5.92. The molecule has 1 amide bonds. The molecule has 5 heteroatoms. The maximum atomic E-state index is 12.4. The summed E-state index contributed by atoms with van der Waals surface area (Å²) >= 11 is 1.51. The van der Waals surface area contributed by atoms with Gasteiger partial charge in [-0.1, -0.05) is 26.0 Å². The van der Waals surface area contributed by atoms with Gasteiger partial charge >= 0.3 is 0 Å². The predicted molar refractivity (Wildman–Crippen MR) is 95.2 cm³/mol. The second kappa shape index (κ2) is 6.54. The van der Waals surface area contributed by atoms with Crippen LogP contribution in [0.1, 0.15) is 40.8 Å². The molecule has 4 nitrogen and oxygen atoms in total. The molecule has 0 atom stereocenters. The highest BCUT2D eigenvalue weighted by molar-refractivity contribution is 7.12. The van der Waals surface area contributed by atoms with Crippen LogP contribution in [-0.4, -0.2) is 22.0 Å². The third-order valence-corrected chi connectivity index (χ3v) is 4.92. The Hall–Kier alpha value is -2.14. The largest absolute Gasteiger partial charge is 0.350 e. The average Bonchev–Trinajstić information content (AvgIpc) is 3.12. The van der Waals surface area contributed by atoms with Crippen molar-refractivity contribution < 1.29 is 4.79 Å². The zero-order valence-corrected chi connectivity index (χ0v) is 14.5. The van der Waals surface area contributed by atoms with Crippen molar-refractivity contribution in [2.45, 2.75) is 33.2 Å². The van der Waals surface area contributed by atoms with E-state index in [-0.39, 0.29) is 5.91 Å². The smallest absolute Gasteiger partial charge is 0.261 e. The maximum absolute atomic E-state index is 12.4. The molecule has 120 valence electrons. The molecule has 0 saturated carbocycles. The minimum absolute atomic E-state index is 0.0192. The predicted octanol–water partition coefficient (Wildman–Crippen LogP) is 3.96. The average molecular weight is 327 g/mol. The Bertz CT molecular complexity index is 832. The molecule has 0 saturated heterocycles. The Morgan fingerprint density at radius 2 is 2.09 bits per heavy atom. The summed E-state index contributed by atoms with van der Waals surface area (Å²) in [5.41, 5.74) is 3.23. The van der Waals surface area contributed by atoms with Crippen molar-refractivity contribution in [1.29, 1.82) is 0 Å². The first-order valence-electron chi connectivity index (χ1n) is 7.85. The lowest BCUT2D eigenvalue weighted by atomic mass is 10.0. The lowest BCUT2D eigenvalue weighted by molar-refractivity contribution is 0.0955. The van der Waals surface area contributed by atoms with Gasteiger partial charge in [0.15, 0.2) is 0 Å². The summed E-state index contributed by atoms with van der Waals surface area (Å²) in [5.74, 6) is 1.35. The molecule has 1 aromatic carbocycles. The third-order valence-electron chi connectivity index (χ3n) is 3.99. The highest BCUT2D eigenvalue weighted by Crippen LogP contribution is 2.24. The molecule has 0 aliphatic rings. The van der Waals surface area contributed by atoms with Crippen molar-refractivity contribution in [3.05, 3.63) is 52.0 Å². The zero-order valence-electron chi connectivity index (χ0n) is 13.7. The number of imidazole rings is 1. The van der Waals surface area contributed by atoms with Gasteiger partial charge in [0, 0.05) is 13.1 Å². The highest BCUT2D eigenvalue weighted by atomic mass is 32.1. The van der Waals surface area contributed by atoms with Crippen LogP contribution in [0.25, 0.3) is 11.0 Å². The fourth-order valence-electron chi connectivity index (χ4n) is 2.80. The number of para-hydroxylation sites is 2. The van der Waals surface area contributed by atoms with E-state index in [1.54, 1.807) is 0 Å². The van der Waals surface area contributed by atoms with E-state index in [1.807, 2.05) is 36.6 Å². The second-order valence-corrected chi connectivity index (χ2v) is 6.83. The number of hydrogen-bond donors (Lipinski definition) is 1. The van der Waals surface area contributed by atoms with Crippen molar-refractivity contribution in [1.82, 2.24) is 14.9 Å². The molecule has 2 aromatic heterocycles. The fourth-order valence-corrected chi connectivity index (χ4v) is 3.77. The SMILES string of the molecule is Cc1nc2ccccc2n1CCNC(=O)c1sccc1C(C)C. The van der Waals surface area contributed by atoms with Gasteiger partial charge in [0.05, 0.1) is 15.9 Å². The van der Waals surface area contributed by atoms with E-state index in [4.69, 9.17) is 0 Å². The summed E-state index contributed by atoms with van der Waals surface area (Å²) in [6.07, 6.45) is 0. The number of hydrogen-bond acceptors (Lipinski definition) is 3. The first-order valence-corrected chi connectivity index (χ1v) is 8.73. The van der Waals surface area contributed by atoms with Crippen molar-refractivity contribution >= 4 is 28.3 Å². The van der Waals surface area contributed by atoms with E-state index in [0.717, 1.165) is 33.8 Å². The topological polar surface area (TPSA) is 46.9 Å². The fraction of sp³-hybridized carbons (Fsp3) is 0.333. The zero-order chi connectivity index (χ0) is 16.4. The van der Waals surface area contributed by atoms with Crippen LogP contribution in [-0.2, 0) is 6.54 Å². The molecule has 23 heavy (non-hydrogen) atoms. The summed E-state index contributed by atoms with van der Waals surface area (Å²) < 4.78 is 2.15. The molecule has 3 rings (SSSR count). The van der Waals surface area contributed by atoms with E-state index in [2.05, 4.69) is 34.8 Å². The minimum atomic E-state index is 0.0192. The first-order chi connectivity index (χ1) is 11.1. The van der Waals surface area contributed by atoms with Crippen molar-refractivity contribution in [3.8, 4) is 0 Å². The van der Waals surface area contributed by atoms with Crippen molar-refractivity contribution in [3.63, 3.8) is 0 Å². The monoisotopic (exact) mass is 327 g/mol. The molecule has 0 spiro atoms. The molecule has 0 radical (unpaired) electrons. The van der Waals surface area contributed by atoms with Gasteiger partial charge in [0.2, 0.25) is 0 Å². The maximum Gasteiger partial charge on any atom is 0.261 e. The van der Waals surface area contributed by atoms with Crippen LogP contribution in [0.15, 0.2) is 35.7 Å². The molecule has 0 unspecified atom stereocenters. The van der Waals surface area contributed by atoms with Crippen LogP contribution in [0, 0.1) is 6.92 Å². The van der Waals surface area contributed by atoms with Crippen LogP contribution in [0.5, 0.6) is 0 Å². The number of nitrogens with zero attached hydrogens (tertiary/aromatic N) is 2. The minimum Gasteiger partial charge on any atom is -0.350 e. The quantitative estimate of drug-likeness (QED) is 0.771.